The Morgan fingerprint density at radius 3 is 2.19 bits per heavy atom. The normalized spacial score (nSPS) is 19.6. The van der Waals surface area contributed by atoms with Gasteiger partial charge in [-0.15, -0.1) is 0 Å². The number of nitrogens with one attached hydrogen (secondary N) is 4. The molecule has 4 heterocycles. The van der Waals surface area contributed by atoms with Crippen molar-refractivity contribution in [3.8, 4) is 33.6 Å². The quantitative estimate of drug-likeness (QED) is 0.149. The number of nitrogens with zero attached hydrogens (tertiary/aromatic N) is 3. The zero-order chi connectivity index (χ0) is 33.4. The van der Waals surface area contributed by atoms with Crippen LogP contribution in [0, 0.1) is 5.92 Å². The van der Waals surface area contributed by atoms with Crippen LogP contribution < -0.4 is 10.6 Å². The highest BCUT2D eigenvalue weighted by atomic mass is 16.6. The molecule has 2 aromatic heterocycles. The minimum absolute atomic E-state index is 0.0835. The molecule has 3 atom stereocenters. The molecule has 2 fully saturated rings. The summed E-state index contributed by atoms with van der Waals surface area (Å²) in [5.74, 6) is 1.74. The molecule has 0 bridgehead atoms. The van der Waals surface area contributed by atoms with Crippen LogP contribution >= 0.6 is 0 Å². The number of carbonyl (C=O) groups is 2. The highest BCUT2D eigenvalue weighted by Gasteiger charge is 2.40. The lowest BCUT2D eigenvalue weighted by Gasteiger charge is -2.27. The number of rotatable bonds is 7. The van der Waals surface area contributed by atoms with Crippen molar-refractivity contribution in [1.82, 2.24) is 35.5 Å². The molecule has 0 radical (unpaired) electrons. The molecule has 2 saturated heterocycles. The van der Waals surface area contributed by atoms with Gasteiger partial charge in [-0.05, 0) is 92.1 Å². The number of carbonyl (C=O) groups excluding carboxylic acids is 2. The third-order valence-corrected chi connectivity index (χ3v) is 9.23. The van der Waals surface area contributed by atoms with Gasteiger partial charge in [0.15, 0.2) is 0 Å². The molecule has 0 unspecified atom stereocenters. The fourth-order valence-electron chi connectivity index (χ4n) is 6.81. The van der Waals surface area contributed by atoms with Gasteiger partial charge in [-0.25, -0.2) is 14.8 Å². The van der Waals surface area contributed by atoms with Gasteiger partial charge in [0.25, 0.3) is 0 Å². The SMILES string of the molecule is CC(=O)NC[C@H]1C[C@@H](c2ncc(-c3ccc(-c4ccc5cc(-c6cnc([C@@H]7CCCN7)[nH]6)ccc5c4)cc3)[nH]2)N(C(=O)OC(C)(C)C)C1. The maximum atomic E-state index is 13.2. The number of ether oxygens (including phenoxy) is 1. The molecule has 48 heavy (non-hydrogen) atoms. The summed E-state index contributed by atoms with van der Waals surface area (Å²) in [6, 6.07) is 21.6. The largest absolute Gasteiger partial charge is 0.444 e. The third-order valence-electron chi connectivity index (χ3n) is 9.23. The second kappa shape index (κ2) is 12.9. The van der Waals surface area contributed by atoms with E-state index in [4.69, 9.17) is 9.72 Å². The fraction of sp³-hybridized carbons (Fsp3) is 0.368. The van der Waals surface area contributed by atoms with Crippen molar-refractivity contribution in [3.05, 3.63) is 84.7 Å². The van der Waals surface area contributed by atoms with Crippen LogP contribution in [0.2, 0.25) is 0 Å². The van der Waals surface area contributed by atoms with E-state index < -0.39 is 5.60 Å². The van der Waals surface area contributed by atoms with Crippen molar-refractivity contribution in [2.24, 2.45) is 5.92 Å². The topological polar surface area (TPSA) is 128 Å². The number of amides is 2. The minimum atomic E-state index is -0.613. The Morgan fingerprint density at radius 1 is 0.875 bits per heavy atom. The van der Waals surface area contributed by atoms with Gasteiger partial charge in [0.05, 0.1) is 35.9 Å². The molecule has 10 nitrogen and oxygen atoms in total. The first kappa shape index (κ1) is 31.6. The third kappa shape index (κ3) is 6.85. The van der Waals surface area contributed by atoms with Crippen LogP contribution in [0.4, 0.5) is 4.79 Å². The molecule has 248 valence electrons. The van der Waals surface area contributed by atoms with Crippen LogP contribution in [0.1, 0.15) is 70.7 Å². The molecule has 0 saturated carbocycles. The predicted molar refractivity (Wildman–Crippen MR) is 187 cm³/mol. The van der Waals surface area contributed by atoms with Crippen molar-refractivity contribution >= 4 is 22.8 Å². The molecule has 2 aliphatic rings. The van der Waals surface area contributed by atoms with Gasteiger partial charge in [0.1, 0.15) is 17.2 Å². The van der Waals surface area contributed by atoms with E-state index in [1.54, 1.807) is 4.90 Å². The van der Waals surface area contributed by atoms with Crippen molar-refractivity contribution < 1.29 is 14.3 Å². The summed E-state index contributed by atoms with van der Waals surface area (Å²) < 4.78 is 5.72. The van der Waals surface area contributed by atoms with Crippen molar-refractivity contribution in [1.29, 1.82) is 0 Å². The number of aromatic nitrogens is 4. The lowest BCUT2D eigenvalue weighted by molar-refractivity contribution is -0.119. The molecule has 7 rings (SSSR count). The Morgan fingerprint density at radius 2 is 1.50 bits per heavy atom. The molecule has 4 N–H and O–H groups in total. The summed E-state index contributed by atoms with van der Waals surface area (Å²) >= 11 is 0. The lowest BCUT2D eigenvalue weighted by Crippen LogP contribution is -2.37. The van der Waals surface area contributed by atoms with Gasteiger partial charge in [-0.1, -0.05) is 48.5 Å². The Labute approximate surface area is 280 Å². The molecule has 3 aromatic carbocycles. The van der Waals surface area contributed by atoms with E-state index in [-0.39, 0.29) is 24.0 Å². The van der Waals surface area contributed by atoms with E-state index in [0.29, 0.717) is 31.4 Å². The second-order valence-electron chi connectivity index (χ2n) is 14.1. The lowest BCUT2D eigenvalue weighted by atomic mass is 9.98. The van der Waals surface area contributed by atoms with E-state index in [1.165, 1.54) is 24.1 Å². The summed E-state index contributed by atoms with van der Waals surface area (Å²) in [6.07, 6.45) is 6.36. The molecule has 0 spiro atoms. The number of H-pyrrole nitrogens is 2. The van der Waals surface area contributed by atoms with Gasteiger partial charge in [0, 0.05) is 25.6 Å². The summed E-state index contributed by atoms with van der Waals surface area (Å²) in [5, 5.41) is 8.76. The number of imidazole rings is 2. The smallest absolute Gasteiger partial charge is 0.410 e. The van der Waals surface area contributed by atoms with Crippen LogP contribution in [-0.2, 0) is 9.53 Å². The Bertz CT molecular complexity index is 1930. The number of hydrogen-bond acceptors (Lipinski definition) is 6. The molecule has 5 aromatic rings. The monoisotopic (exact) mass is 645 g/mol. The first-order chi connectivity index (χ1) is 23.1. The van der Waals surface area contributed by atoms with Crippen molar-refractivity contribution in [2.45, 2.75) is 64.6 Å². The fourth-order valence-corrected chi connectivity index (χ4v) is 6.81. The molecular weight excluding hydrogens is 602 g/mol. The van der Waals surface area contributed by atoms with Gasteiger partial charge < -0.3 is 25.3 Å². The minimum Gasteiger partial charge on any atom is -0.444 e. The number of hydrogen-bond donors (Lipinski definition) is 4. The van der Waals surface area contributed by atoms with E-state index in [9.17, 15) is 9.59 Å². The standard InChI is InChI=1S/C38H43N7O3/c1-23(46)40-19-24-16-34(45(22-24)37(47)48-38(2,3)4)36-42-20-32(44-36)26-9-7-25(8-10-26)27-11-12-29-18-30(14-13-28(29)17-27)33-21-41-35(43-33)31-6-5-15-39-31/h7-14,17-18,20-21,24,31,34,39H,5-6,15-16,19,22H2,1-4H3,(H,40,46)(H,41,43)(H,42,44)/t24-,31+,34+/m1/s1. The van der Waals surface area contributed by atoms with E-state index in [2.05, 4.69) is 86.2 Å². The first-order valence-corrected chi connectivity index (χ1v) is 16.8. The van der Waals surface area contributed by atoms with Gasteiger partial charge in [-0.3, -0.25) is 9.69 Å². The summed E-state index contributed by atoms with van der Waals surface area (Å²) in [4.78, 5) is 42.7. The Hall–Kier alpha value is -4.96. The molecular formula is C38H43N7O3. The van der Waals surface area contributed by atoms with Crippen LogP contribution in [0.5, 0.6) is 0 Å². The van der Waals surface area contributed by atoms with Crippen molar-refractivity contribution in [2.75, 3.05) is 19.6 Å². The average molecular weight is 646 g/mol. The molecule has 2 amide bonds. The maximum Gasteiger partial charge on any atom is 0.410 e. The highest BCUT2D eigenvalue weighted by Crippen LogP contribution is 2.36. The summed E-state index contributed by atoms with van der Waals surface area (Å²) in [6.45, 7) is 9.12. The Kier molecular flexibility index (Phi) is 8.51. The highest BCUT2D eigenvalue weighted by molar-refractivity contribution is 5.90. The number of likely N-dealkylation sites (tertiary alicyclic amines) is 1. The maximum absolute atomic E-state index is 13.2. The first-order valence-electron chi connectivity index (χ1n) is 16.8. The van der Waals surface area contributed by atoms with E-state index in [0.717, 1.165) is 52.4 Å². The van der Waals surface area contributed by atoms with E-state index in [1.807, 2.05) is 33.2 Å². The Balaban J connectivity index is 1.06. The zero-order valence-corrected chi connectivity index (χ0v) is 28.0. The zero-order valence-electron chi connectivity index (χ0n) is 28.0. The predicted octanol–water partition coefficient (Wildman–Crippen LogP) is 7.15. The van der Waals surface area contributed by atoms with Crippen LogP contribution in [-0.4, -0.2) is 62.1 Å². The van der Waals surface area contributed by atoms with Crippen LogP contribution in [0.25, 0.3) is 44.4 Å². The van der Waals surface area contributed by atoms with Crippen molar-refractivity contribution in [3.63, 3.8) is 0 Å². The summed E-state index contributed by atoms with van der Waals surface area (Å²) in [7, 11) is 0. The second-order valence-corrected chi connectivity index (χ2v) is 14.1. The van der Waals surface area contributed by atoms with Gasteiger partial charge in [-0.2, -0.15) is 0 Å². The van der Waals surface area contributed by atoms with E-state index >= 15 is 0 Å². The average Bonchev–Trinajstić information content (AvgIpc) is 3.89. The molecule has 0 aliphatic carbocycles. The molecule has 10 heteroatoms. The number of aromatic amines is 2. The number of benzene rings is 3. The number of fused-ring (bicyclic) bond motifs is 1. The van der Waals surface area contributed by atoms with Crippen LogP contribution in [0.3, 0.4) is 0 Å². The molecule has 2 aliphatic heterocycles. The summed E-state index contributed by atoms with van der Waals surface area (Å²) in [5.41, 5.74) is 5.71. The van der Waals surface area contributed by atoms with Gasteiger partial charge in [0.2, 0.25) is 5.91 Å². The van der Waals surface area contributed by atoms with Crippen LogP contribution in [0.15, 0.2) is 73.1 Å². The van der Waals surface area contributed by atoms with Gasteiger partial charge >= 0.3 is 6.09 Å².